The lowest BCUT2D eigenvalue weighted by Crippen LogP contribution is -2.37. The molecule has 1 aromatic carbocycles. The van der Waals surface area contributed by atoms with E-state index in [0.29, 0.717) is 22.8 Å². The summed E-state index contributed by atoms with van der Waals surface area (Å²) >= 11 is 0.858. The Balaban J connectivity index is 1.50. The van der Waals surface area contributed by atoms with Crippen LogP contribution in [0.4, 0.5) is 9.18 Å². The van der Waals surface area contributed by atoms with Crippen LogP contribution in [0.2, 0.25) is 0 Å². The average molecular weight is 376 g/mol. The van der Waals surface area contributed by atoms with Gasteiger partial charge in [-0.25, -0.2) is 4.39 Å². The number of thioether (sulfide) groups is 1. The van der Waals surface area contributed by atoms with Crippen LogP contribution >= 0.6 is 11.8 Å². The van der Waals surface area contributed by atoms with Gasteiger partial charge < -0.3 is 5.32 Å². The molecular formula is C19H21FN2O3S. The molecule has 3 amide bonds. The zero-order chi connectivity index (χ0) is 18.5. The number of nitrogens with zero attached hydrogens (tertiary/aromatic N) is 1. The summed E-state index contributed by atoms with van der Waals surface area (Å²) < 4.78 is 12.9. The highest BCUT2D eigenvalue weighted by Crippen LogP contribution is 2.32. The molecule has 0 spiro atoms. The van der Waals surface area contributed by atoms with Crippen LogP contribution in [0.1, 0.15) is 37.7 Å². The molecule has 0 unspecified atom stereocenters. The van der Waals surface area contributed by atoms with Crippen LogP contribution < -0.4 is 5.32 Å². The van der Waals surface area contributed by atoms with E-state index in [1.165, 1.54) is 25.0 Å². The standard InChI is InChI=1S/C19H21FN2O3S/c20-15-7-5-14(6-8-15)11-16-18(24)22(19(25)26-16)10-9-21-17(23)12-13-3-1-2-4-13/h5-8,11,13H,1-4,9-10,12H2,(H,21,23). The number of rotatable bonds is 6. The van der Waals surface area contributed by atoms with Gasteiger partial charge in [0.25, 0.3) is 11.1 Å². The van der Waals surface area contributed by atoms with Gasteiger partial charge in [-0.2, -0.15) is 0 Å². The molecule has 0 radical (unpaired) electrons. The van der Waals surface area contributed by atoms with Gasteiger partial charge in [0.2, 0.25) is 5.91 Å². The summed E-state index contributed by atoms with van der Waals surface area (Å²) in [6.45, 7) is 0.412. The first-order valence-corrected chi connectivity index (χ1v) is 9.62. The molecule has 1 saturated heterocycles. The largest absolute Gasteiger partial charge is 0.354 e. The van der Waals surface area contributed by atoms with Crippen LogP contribution in [0.15, 0.2) is 29.2 Å². The third-order valence-electron chi connectivity index (χ3n) is 4.65. The molecule has 1 aromatic rings. The smallest absolute Gasteiger partial charge is 0.293 e. The maximum absolute atomic E-state index is 12.9. The van der Waals surface area contributed by atoms with Gasteiger partial charge in [-0.1, -0.05) is 25.0 Å². The first-order chi connectivity index (χ1) is 12.5. The minimum Gasteiger partial charge on any atom is -0.354 e. The zero-order valence-electron chi connectivity index (χ0n) is 14.4. The van der Waals surface area contributed by atoms with Crippen molar-refractivity contribution in [3.8, 4) is 0 Å². The van der Waals surface area contributed by atoms with E-state index >= 15 is 0 Å². The lowest BCUT2D eigenvalue weighted by atomic mass is 10.0. The van der Waals surface area contributed by atoms with Crippen molar-refractivity contribution in [3.05, 3.63) is 40.6 Å². The van der Waals surface area contributed by atoms with Crippen LogP contribution in [0, 0.1) is 11.7 Å². The molecule has 5 nitrogen and oxygen atoms in total. The number of carbonyl (C=O) groups excluding carboxylic acids is 3. The van der Waals surface area contributed by atoms with E-state index in [0.717, 1.165) is 29.5 Å². The number of carbonyl (C=O) groups is 3. The van der Waals surface area contributed by atoms with Gasteiger partial charge in [0.1, 0.15) is 5.82 Å². The van der Waals surface area contributed by atoms with Gasteiger partial charge in [-0.05, 0) is 54.3 Å². The van der Waals surface area contributed by atoms with E-state index in [1.54, 1.807) is 18.2 Å². The number of benzene rings is 1. The van der Waals surface area contributed by atoms with Gasteiger partial charge >= 0.3 is 0 Å². The third kappa shape index (κ3) is 4.72. The number of hydrogen-bond donors (Lipinski definition) is 1. The Morgan fingerprint density at radius 1 is 1.23 bits per heavy atom. The first kappa shape index (κ1) is 18.6. The second-order valence-electron chi connectivity index (χ2n) is 6.59. The predicted molar refractivity (Wildman–Crippen MR) is 98.7 cm³/mol. The average Bonchev–Trinajstić information content (AvgIpc) is 3.20. The number of halogens is 1. The Morgan fingerprint density at radius 2 is 1.92 bits per heavy atom. The van der Waals surface area contributed by atoms with E-state index < -0.39 is 0 Å². The van der Waals surface area contributed by atoms with Crippen molar-refractivity contribution in [3.63, 3.8) is 0 Å². The lowest BCUT2D eigenvalue weighted by Gasteiger charge is -2.14. The molecule has 7 heteroatoms. The fraction of sp³-hybridized carbons (Fsp3) is 0.421. The van der Waals surface area contributed by atoms with Crippen molar-refractivity contribution in [1.82, 2.24) is 10.2 Å². The molecule has 3 rings (SSSR count). The molecule has 1 aliphatic heterocycles. The normalized spacial score (nSPS) is 19.6. The molecule has 2 aliphatic rings. The van der Waals surface area contributed by atoms with Crippen molar-refractivity contribution in [2.45, 2.75) is 32.1 Å². The molecule has 138 valence electrons. The zero-order valence-corrected chi connectivity index (χ0v) is 15.2. The molecule has 1 saturated carbocycles. The molecule has 2 fully saturated rings. The predicted octanol–water partition coefficient (Wildman–Crippen LogP) is 3.56. The van der Waals surface area contributed by atoms with Gasteiger partial charge in [0.05, 0.1) is 4.91 Å². The molecule has 1 heterocycles. The topological polar surface area (TPSA) is 66.5 Å². The van der Waals surface area contributed by atoms with E-state index in [9.17, 15) is 18.8 Å². The van der Waals surface area contributed by atoms with Crippen molar-refractivity contribution in [2.24, 2.45) is 5.92 Å². The second-order valence-corrected chi connectivity index (χ2v) is 7.58. The van der Waals surface area contributed by atoms with Gasteiger partial charge in [-0.3, -0.25) is 19.3 Å². The van der Waals surface area contributed by atoms with Crippen LogP contribution in [0.3, 0.4) is 0 Å². The molecule has 1 N–H and O–H groups in total. The Morgan fingerprint density at radius 3 is 2.62 bits per heavy atom. The van der Waals surface area contributed by atoms with E-state index in [-0.39, 0.29) is 36.0 Å². The quantitative estimate of drug-likeness (QED) is 0.771. The third-order valence-corrected chi connectivity index (χ3v) is 5.56. The molecule has 1 aliphatic carbocycles. The SMILES string of the molecule is O=C(CC1CCCC1)NCCN1C(=O)SC(=Cc2ccc(F)cc2)C1=O. The van der Waals surface area contributed by atoms with Crippen LogP contribution in [0.25, 0.3) is 6.08 Å². The minimum absolute atomic E-state index is 0.0225. The van der Waals surface area contributed by atoms with E-state index in [1.807, 2.05) is 0 Å². The van der Waals surface area contributed by atoms with Gasteiger partial charge in [0.15, 0.2) is 0 Å². The van der Waals surface area contributed by atoms with Crippen molar-refractivity contribution >= 4 is 34.9 Å². The van der Waals surface area contributed by atoms with Crippen molar-refractivity contribution in [1.29, 1.82) is 0 Å². The maximum atomic E-state index is 12.9. The number of nitrogens with one attached hydrogen (secondary N) is 1. The first-order valence-electron chi connectivity index (χ1n) is 8.80. The molecule has 0 bridgehead atoms. The summed E-state index contributed by atoms with van der Waals surface area (Å²) in [5.74, 6) is -0.297. The van der Waals surface area contributed by atoms with Crippen molar-refractivity contribution in [2.75, 3.05) is 13.1 Å². The summed E-state index contributed by atoms with van der Waals surface area (Å²) in [6.07, 6.45) is 6.68. The summed E-state index contributed by atoms with van der Waals surface area (Å²) in [7, 11) is 0. The maximum Gasteiger partial charge on any atom is 0.293 e. The fourth-order valence-corrected chi connectivity index (χ4v) is 4.12. The molecular weight excluding hydrogens is 355 g/mol. The lowest BCUT2D eigenvalue weighted by molar-refractivity contribution is -0.124. The van der Waals surface area contributed by atoms with E-state index in [2.05, 4.69) is 5.32 Å². The summed E-state index contributed by atoms with van der Waals surface area (Å²) in [4.78, 5) is 37.8. The molecule has 0 aromatic heterocycles. The second kappa shape index (κ2) is 8.49. The summed E-state index contributed by atoms with van der Waals surface area (Å²) in [5, 5.41) is 2.44. The Hall–Kier alpha value is -2.15. The van der Waals surface area contributed by atoms with Crippen LogP contribution in [-0.2, 0) is 9.59 Å². The fourth-order valence-electron chi connectivity index (χ4n) is 3.26. The summed E-state index contributed by atoms with van der Waals surface area (Å²) in [5.41, 5.74) is 0.654. The Bertz CT molecular complexity index is 727. The summed E-state index contributed by atoms with van der Waals surface area (Å²) in [6, 6.07) is 5.70. The van der Waals surface area contributed by atoms with Gasteiger partial charge in [-0.15, -0.1) is 0 Å². The van der Waals surface area contributed by atoms with Gasteiger partial charge in [0, 0.05) is 19.5 Å². The highest BCUT2D eigenvalue weighted by Gasteiger charge is 2.34. The van der Waals surface area contributed by atoms with Crippen LogP contribution in [-0.4, -0.2) is 35.0 Å². The minimum atomic E-state index is -0.380. The highest BCUT2D eigenvalue weighted by atomic mass is 32.2. The van der Waals surface area contributed by atoms with Crippen molar-refractivity contribution < 1.29 is 18.8 Å². The van der Waals surface area contributed by atoms with Crippen LogP contribution in [0.5, 0.6) is 0 Å². The number of amides is 3. The highest BCUT2D eigenvalue weighted by molar-refractivity contribution is 8.18. The Kier molecular flexibility index (Phi) is 6.08. The molecule has 0 atom stereocenters. The monoisotopic (exact) mass is 376 g/mol. The number of imide groups is 1. The number of hydrogen-bond acceptors (Lipinski definition) is 4. The Labute approximate surface area is 156 Å². The van der Waals surface area contributed by atoms with E-state index in [4.69, 9.17) is 0 Å². The molecule has 26 heavy (non-hydrogen) atoms.